The number of amides is 1. The van der Waals surface area contributed by atoms with Gasteiger partial charge < -0.3 is 5.32 Å². The number of nitrogens with one attached hydrogen (secondary N) is 1. The van der Waals surface area contributed by atoms with Crippen LogP contribution in [0.25, 0.3) is 0 Å². The lowest BCUT2D eigenvalue weighted by Crippen LogP contribution is -2.23. The molecule has 2 nitrogen and oxygen atoms in total. The number of hydrogen-bond donors (Lipinski definition) is 1. The van der Waals surface area contributed by atoms with E-state index in [1.54, 1.807) is 12.1 Å². The minimum Gasteiger partial charge on any atom is -0.348 e. The summed E-state index contributed by atoms with van der Waals surface area (Å²) in [5.74, 6) is -0.522. The molecule has 0 radical (unpaired) electrons. The van der Waals surface area contributed by atoms with Crippen molar-refractivity contribution in [2.45, 2.75) is 13.5 Å². The Labute approximate surface area is 133 Å². The molecular weight excluding hydrogens is 389 g/mol. The molecule has 0 saturated carbocycles. The summed E-state index contributed by atoms with van der Waals surface area (Å²) < 4.78 is 14.7. The summed E-state index contributed by atoms with van der Waals surface area (Å²) in [6, 6.07) is 9.95. The van der Waals surface area contributed by atoms with Gasteiger partial charge in [0.1, 0.15) is 5.82 Å². The highest BCUT2D eigenvalue weighted by molar-refractivity contribution is 9.10. The number of carbonyl (C=O) groups excluding carboxylic acids is 1. The van der Waals surface area contributed by atoms with Gasteiger partial charge in [0, 0.05) is 15.5 Å². The maximum absolute atomic E-state index is 13.2. The van der Waals surface area contributed by atoms with Crippen molar-refractivity contribution >= 4 is 37.8 Å². The van der Waals surface area contributed by atoms with E-state index < -0.39 is 0 Å². The van der Waals surface area contributed by atoms with E-state index in [2.05, 4.69) is 37.2 Å². The summed E-state index contributed by atoms with van der Waals surface area (Å²) in [4.78, 5) is 12.1. The Balaban J connectivity index is 2.12. The Morgan fingerprint density at radius 1 is 1.15 bits per heavy atom. The number of carbonyl (C=O) groups is 1. The zero-order valence-corrected chi connectivity index (χ0v) is 13.9. The second-order valence-corrected chi connectivity index (χ2v) is 6.11. The van der Waals surface area contributed by atoms with Gasteiger partial charge in [-0.05, 0) is 58.7 Å². The molecule has 104 valence electrons. The van der Waals surface area contributed by atoms with E-state index in [0.29, 0.717) is 11.1 Å². The molecule has 2 aromatic rings. The van der Waals surface area contributed by atoms with Gasteiger partial charge in [-0.25, -0.2) is 4.39 Å². The van der Waals surface area contributed by atoms with Crippen LogP contribution in [-0.2, 0) is 6.54 Å². The van der Waals surface area contributed by atoms with E-state index in [-0.39, 0.29) is 18.3 Å². The van der Waals surface area contributed by atoms with Crippen LogP contribution in [0, 0.1) is 12.7 Å². The van der Waals surface area contributed by atoms with Crippen LogP contribution in [0.4, 0.5) is 4.39 Å². The van der Waals surface area contributed by atoms with E-state index in [4.69, 9.17) is 0 Å². The third-order valence-corrected chi connectivity index (χ3v) is 4.28. The van der Waals surface area contributed by atoms with Crippen LogP contribution in [0.15, 0.2) is 45.3 Å². The lowest BCUT2D eigenvalue weighted by Gasteiger charge is -2.09. The summed E-state index contributed by atoms with van der Waals surface area (Å²) in [7, 11) is 0. The van der Waals surface area contributed by atoms with Crippen molar-refractivity contribution in [2.75, 3.05) is 0 Å². The topological polar surface area (TPSA) is 29.1 Å². The van der Waals surface area contributed by atoms with Crippen LogP contribution >= 0.6 is 31.9 Å². The quantitative estimate of drug-likeness (QED) is 0.802. The molecule has 1 N–H and O–H groups in total. The lowest BCUT2D eigenvalue weighted by molar-refractivity contribution is 0.0950. The minimum atomic E-state index is -0.325. The fraction of sp³-hybridized carbons (Fsp3) is 0.133. The Bertz CT molecular complexity index is 658. The van der Waals surface area contributed by atoms with E-state index in [1.165, 1.54) is 12.1 Å². The van der Waals surface area contributed by atoms with Gasteiger partial charge in [-0.3, -0.25) is 4.79 Å². The molecule has 0 saturated heterocycles. The second-order valence-electron chi connectivity index (χ2n) is 4.40. The highest BCUT2D eigenvalue weighted by Gasteiger charge is 2.11. The highest BCUT2D eigenvalue weighted by atomic mass is 79.9. The monoisotopic (exact) mass is 399 g/mol. The van der Waals surface area contributed by atoms with E-state index >= 15 is 0 Å². The average molecular weight is 401 g/mol. The molecule has 1 amide bonds. The van der Waals surface area contributed by atoms with Gasteiger partial charge in [0.15, 0.2) is 0 Å². The first kappa shape index (κ1) is 15.2. The van der Waals surface area contributed by atoms with Crippen molar-refractivity contribution < 1.29 is 9.18 Å². The van der Waals surface area contributed by atoms with Crippen molar-refractivity contribution in [2.24, 2.45) is 0 Å². The first-order valence-electron chi connectivity index (χ1n) is 5.95. The molecule has 0 atom stereocenters. The van der Waals surface area contributed by atoms with Crippen LogP contribution in [0.1, 0.15) is 21.5 Å². The van der Waals surface area contributed by atoms with Gasteiger partial charge in [-0.15, -0.1) is 0 Å². The van der Waals surface area contributed by atoms with Crippen molar-refractivity contribution in [3.8, 4) is 0 Å². The van der Waals surface area contributed by atoms with Gasteiger partial charge in [0.05, 0.1) is 5.56 Å². The third-order valence-electron chi connectivity index (χ3n) is 2.81. The van der Waals surface area contributed by atoms with Crippen molar-refractivity contribution in [1.29, 1.82) is 0 Å². The van der Waals surface area contributed by atoms with E-state index in [0.717, 1.165) is 14.5 Å². The molecule has 20 heavy (non-hydrogen) atoms. The van der Waals surface area contributed by atoms with Crippen LogP contribution in [0.5, 0.6) is 0 Å². The normalized spacial score (nSPS) is 10.4. The van der Waals surface area contributed by atoms with Crippen LogP contribution in [0.2, 0.25) is 0 Å². The highest BCUT2D eigenvalue weighted by Crippen LogP contribution is 2.20. The minimum absolute atomic E-state index is 0.197. The van der Waals surface area contributed by atoms with E-state index in [9.17, 15) is 9.18 Å². The number of rotatable bonds is 3. The van der Waals surface area contributed by atoms with Gasteiger partial charge in [0.25, 0.3) is 5.91 Å². The maximum Gasteiger partial charge on any atom is 0.252 e. The molecule has 0 aliphatic rings. The number of benzene rings is 2. The Morgan fingerprint density at radius 3 is 2.60 bits per heavy atom. The molecule has 0 heterocycles. The summed E-state index contributed by atoms with van der Waals surface area (Å²) >= 11 is 6.69. The molecule has 0 bridgehead atoms. The summed E-state index contributed by atoms with van der Waals surface area (Å²) in [6.07, 6.45) is 0. The summed E-state index contributed by atoms with van der Waals surface area (Å²) in [5.41, 5.74) is 2.27. The molecule has 5 heteroatoms. The standard InChI is InChI=1S/C15H12Br2FNO/c1-9-2-4-14(17)12(6-9)15(20)19-8-10-7-11(18)3-5-13(10)16/h2-7H,8H2,1H3,(H,19,20). The Morgan fingerprint density at radius 2 is 1.85 bits per heavy atom. The molecule has 0 aromatic heterocycles. The lowest BCUT2D eigenvalue weighted by atomic mass is 10.1. The van der Waals surface area contributed by atoms with Crippen molar-refractivity contribution in [3.63, 3.8) is 0 Å². The molecule has 0 unspecified atom stereocenters. The second kappa shape index (κ2) is 6.50. The maximum atomic E-state index is 13.2. The van der Waals surface area contributed by atoms with Gasteiger partial charge in [-0.2, -0.15) is 0 Å². The smallest absolute Gasteiger partial charge is 0.252 e. The molecule has 0 aliphatic heterocycles. The fourth-order valence-corrected chi connectivity index (χ4v) is 2.58. The third kappa shape index (κ3) is 3.67. The zero-order valence-electron chi connectivity index (χ0n) is 10.7. The number of aryl methyl sites for hydroxylation is 1. The zero-order chi connectivity index (χ0) is 14.7. The molecule has 0 aliphatic carbocycles. The Hall–Kier alpha value is -1.20. The van der Waals surface area contributed by atoms with Crippen LogP contribution < -0.4 is 5.32 Å². The fourth-order valence-electron chi connectivity index (χ4n) is 1.76. The van der Waals surface area contributed by atoms with Gasteiger partial charge in [-0.1, -0.05) is 27.6 Å². The van der Waals surface area contributed by atoms with Gasteiger partial charge in [0.2, 0.25) is 0 Å². The van der Waals surface area contributed by atoms with Crippen molar-refractivity contribution in [3.05, 3.63) is 67.9 Å². The van der Waals surface area contributed by atoms with Gasteiger partial charge >= 0.3 is 0 Å². The predicted octanol–water partition coefficient (Wildman–Crippen LogP) is 4.59. The first-order valence-corrected chi connectivity index (χ1v) is 7.54. The first-order chi connectivity index (χ1) is 9.47. The predicted molar refractivity (Wildman–Crippen MR) is 84.1 cm³/mol. The average Bonchev–Trinajstić information content (AvgIpc) is 2.42. The number of halogens is 3. The molecular formula is C15H12Br2FNO. The molecule has 2 rings (SSSR count). The molecule has 0 spiro atoms. The molecule has 0 fully saturated rings. The Kier molecular flexibility index (Phi) is 4.94. The number of hydrogen-bond acceptors (Lipinski definition) is 1. The largest absolute Gasteiger partial charge is 0.348 e. The van der Waals surface area contributed by atoms with Crippen LogP contribution in [0.3, 0.4) is 0 Å². The van der Waals surface area contributed by atoms with Crippen LogP contribution in [-0.4, -0.2) is 5.91 Å². The molecule has 2 aromatic carbocycles. The SMILES string of the molecule is Cc1ccc(Br)c(C(=O)NCc2cc(F)ccc2Br)c1. The van der Waals surface area contributed by atoms with Crippen molar-refractivity contribution in [1.82, 2.24) is 5.32 Å². The summed E-state index contributed by atoms with van der Waals surface area (Å²) in [6.45, 7) is 2.18. The summed E-state index contributed by atoms with van der Waals surface area (Å²) in [5, 5.41) is 2.79. The van der Waals surface area contributed by atoms with E-state index in [1.807, 2.05) is 19.1 Å².